The second kappa shape index (κ2) is 8.26. The SMILES string of the molecule is Cc1cc(Nc2cc(N3CCN(C)CC3)nc(NCc3ccccc3)n2)n[nH]1. The molecule has 0 unspecified atom stereocenters. The van der Waals surface area contributed by atoms with E-state index in [1.54, 1.807) is 0 Å². The molecule has 3 heterocycles. The zero-order valence-electron chi connectivity index (χ0n) is 16.3. The highest BCUT2D eigenvalue weighted by Crippen LogP contribution is 2.22. The van der Waals surface area contributed by atoms with E-state index < -0.39 is 0 Å². The number of likely N-dealkylation sites (N-methyl/N-ethyl adjacent to an activating group) is 1. The average molecular weight is 378 g/mol. The fraction of sp³-hybridized carbons (Fsp3) is 0.350. The normalized spacial score (nSPS) is 14.9. The van der Waals surface area contributed by atoms with Crippen molar-refractivity contribution in [1.82, 2.24) is 25.1 Å². The Bertz CT molecular complexity index is 900. The first-order chi connectivity index (χ1) is 13.7. The number of aromatic nitrogens is 4. The molecule has 1 saturated heterocycles. The summed E-state index contributed by atoms with van der Waals surface area (Å²) in [5, 5.41) is 13.8. The van der Waals surface area contributed by atoms with E-state index in [2.05, 4.69) is 54.8 Å². The third-order valence-electron chi connectivity index (χ3n) is 4.80. The summed E-state index contributed by atoms with van der Waals surface area (Å²) in [7, 11) is 2.15. The molecule has 0 amide bonds. The van der Waals surface area contributed by atoms with Crippen LogP contribution >= 0.6 is 0 Å². The lowest BCUT2D eigenvalue weighted by Gasteiger charge is -2.33. The number of H-pyrrole nitrogens is 1. The van der Waals surface area contributed by atoms with Gasteiger partial charge in [-0.3, -0.25) is 5.10 Å². The van der Waals surface area contributed by atoms with Crippen molar-refractivity contribution >= 4 is 23.4 Å². The monoisotopic (exact) mass is 378 g/mol. The minimum Gasteiger partial charge on any atom is -0.354 e. The molecule has 8 heteroatoms. The Morgan fingerprint density at radius 3 is 2.50 bits per heavy atom. The largest absolute Gasteiger partial charge is 0.354 e. The Hall–Kier alpha value is -3.13. The summed E-state index contributed by atoms with van der Waals surface area (Å²) < 4.78 is 0. The summed E-state index contributed by atoms with van der Waals surface area (Å²) in [6.45, 7) is 6.60. The molecule has 8 nitrogen and oxygen atoms in total. The molecule has 1 aliphatic heterocycles. The van der Waals surface area contributed by atoms with Gasteiger partial charge in [0.05, 0.1) is 0 Å². The van der Waals surface area contributed by atoms with Gasteiger partial charge in [0.2, 0.25) is 5.95 Å². The highest BCUT2D eigenvalue weighted by Gasteiger charge is 2.17. The molecule has 0 bridgehead atoms. The molecular formula is C20H26N8. The first kappa shape index (κ1) is 18.2. The van der Waals surface area contributed by atoms with E-state index >= 15 is 0 Å². The summed E-state index contributed by atoms with van der Waals surface area (Å²) in [5.41, 5.74) is 2.19. The summed E-state index contributed by atoms with van der Waals surface area (Å²) in [4.78, 5) is 14.0. The number of aromatic amines is 1. The minimum atomic E-state index is 0.607. The molecular weight excluding hydrogens is 352 g/mol. The van der Waals surface area contributed by atoms with E-state index in [9.17, 15) is 0 Å². The van der Waals surface area contributed by atoms with Crippen LogP contribution in [0, 0.1) is 6.92 Å². The lowest BCUT2D eigenvalue weighted by atomic mass is 10.2. The van der Waals surface area contributed by atoms with Gasteiger partial charge in [-0.15, -0.1) is 0 Å². The molecule has 146 valence electrons. The highest BCUT2D eigenvalue weighted by atomic mass is 15.3. The van der Waals surface area contributed by atoms with Crippen LogP contribution < -0.4 is 15.5 Å². The zero-order chi connectivity index (χ0) is 19.3. The van der Waals surface area contributed by atoms with Crippen molar-refractivity contribution in [1.29, 1.82) is 0 Å². The quantitative estimate of drug-likeness (QED) is 0.608. The first-order valence-electron chi connectivity index (χ1n) is 9.55. The van der Waals surface area contributed by atoms with E-state index in [4.69, 9.17) is 4.98 Å². The second-order valence-electron chi connectivity index (χ2n) is 7.13. The Morgan fingerprint density at radius 1 is 1.00 bits per heavy atom. The van der Waals surface area contributed by atoms with Crippen LogP contribution in [0.2, 0.25) is 0 Å². The number of hydrogen-bond acceptors (Lipinski definition) is 7. The van der Waals surface area contributed by atoms with Gasteiger partial charge in [-0.25, -0.2) is 0 Å². The number of benzene rings is 1. The Balaban J connectivity index is 1.56. The Labute approximate surface area is 165 Å². The molecule has 2 aromatic heterocycles. The van der Waals surface area contributed by atoms with Crippen LogP contribution in [0.3, 0.4) is 0 Å². The number of piperazine rings is 1. The van der Waals surface area contributed by atoms with Gasteiger partial charge in [0, 0.05) is 50.6 Å². The van der Waals surface area contributed by atoms with Gasteiger partial charge in [-0.05, 0) is 19.5 Å². The van der Waals surface area contributed by atoms with Crippen LogP contribution in [0.4, 0.5) is 23.4 Å². The average Bonchev–Trinajstić information content (AvgIpc) is 3.12. The molecule has 0 spiro atoms. The van der Waals surface area contributed by atoms with E-state index in [0.29, 0.717) is 12.5 Å². The third-order valence-corrected chi connectivity index (χ3v) is 4.80. The van der Waals surface area contributed by atoms with E-state index in [-0.39, 0.29) is 0 Å². The number of rotatable bonds is 6. The predicted molar refractivity (Wildman–Crippen MR) is 112 cm³/mol. The van der Waals surface area contributed by atoms with Gasteiger partial charge in [-0.2, -0.15) is 15.1 Å². The van der Waals surface area contributed by atoms with Crippen molar-refractivity contribution in [3.8, 4) is 0 Å². The first-order valence-corrected chi connectivity index (χ1v) is 9.55. The van der Waals surface area contributed by atoms with Crippen molar-refractivity contribution < 1.29 is 0 Å². The van der Waals surface area contributed by atoms with E-state index in [0.717, 1.165) is 49.3 Å². The molecule has 0 atom stereocenters. The van der Waals surface area contributed by atoms with Crippen molar-refractivity contribution in [3.63, 3.8) is 0 Å². The lowest BCUT2D eigenvalue weighted by molar-refractivity contribution is 0.312. The number of hydrogen-bond donors (Lipinski definition) is 3. The number of anilines is 4. The smallest absolute Gasteiger partial charge is 0.226 e. The van der Waals surface area contributed by atoms with Gasteiger partial charge in [0.25, 0.3) is 0 Å². The third kappa shape index (κ3) is 4.58. The summed E-state index contributed by atoms with van der Waals surface area (Å²) in [6.07, 6.45) is 0. The number of nitrogens with one attached hydrogen (secondary N) is 3. The molecule has 0 aliphatic carbocycles. The Morgan fingerprint density at radius 2 is 1.79 bits per heavy atom. The molecule has 28 heavy (non-hydrogen) atoms. The molecule has 0 radical (unpaired) electrons. The molecule has 3 N–H and O–H groups in total. The van der Waals surface area contributed by atoms with E-state index in [1.165, 1.54) is 5.56 Å². The summed E-state index contributed by atoms with van der Waals surface area (Å²) >= 11 is 0. The van der Waals surface area contributed by atoms with E-state index in [1.807, 2.05) is 37.3 Å². The molecule has 3 aromatic rings. The van der Waals surface area contributed by atoms with Crippen molar-refractivity contribution in [3.05, 3.63) is 53.7 Å². The molecule has 0 saturated carbocycles. The van der Waals surface area contributed by atoms with Crippen molar-refractivity contribution in [2.45, 2.75) is 13.5 Å². The molecule has 1 aliphatic rings. The lowest BCUT2D eigenvalue weighted by Crippen LogP contribution is -2.44. The zero-order valence-corrected chi connectivity index (χ0v) is 16.3. The minimum absolute atomic E-state index is 0.607. The van der Waals surface area contributed by atoms with Crippen LogP contribution in [-0.4, -0.2) is 58.3 Å². The van der Waals surface area contributed by atoms with Gasteiger partial charge < -0.3 is 20.4 Å². The number of aryl methyl sites for hydroxylation is 1. The maximum atomic E-state index is 4.76. The van der Waals surface area contributed by atoms with Crippen molar-refractivity contribution in [2.24, 2.45) is 0 Å². The topological polar surface area (TPSA) is 85.0 Å². The maximum absolute atomic E-state index is 4.76. The maximum Gasteiger partial charge on any atom is 0.226 e. The molecule has 1 aromatic carbocycles. The van der Waals surface area contributed by atoms with Crippen molar-refractivity contribution in [2.75, 3.05) is 48.8 Å². The number of nitrogens with zero attached hydrogens (tertiary/aromatic N) is 5. The second-order valence-corrected chi connectivity index (χ2v) is 7.13. The van der Waals surface area contributed by atoms with Gasteiger partial charge in [-0.1, -0.05) is 30.3 Å². The van der Waals surface area contributed by atoms with Crippen LogP contribution in [0.25, 0.3) is 0 Å². The van der Waals surface area contributed by atoms with Crippen LogP contribution in [0.5, 0.6) is 0 Å². The van der Waals surface area contributed by atoms with Crippen LogP contribution in [-0.2, 0) is 6.54 Å². The Kier molecular flexibility index (Phi) is 5.38. The fourth-order valence-electron chi connectivity index (χ4n) is 3.17. The van der Waals surface area contributed by atoms with Crippen LogP contribution in [0.15, 0.2) is 42.5 Å². The van der Waals surface area contributed by atoms with Gasteiger partial charge in [0.15, 0.2) is 5.82 Å². The standard InChI is InChI=1S/C20H26N8/c1-15-12-18(26-25-15)22-17-13-19(28-10-8-27(2)9-11-28)24-20(23-17)21-14-16-6-4-3-5-7-16/h3-7,12-13H,8-11,14H2,1-2H3,(H3,21,22,23,24,25,26). The predicted octanol–water partition coefficient (Wildman–Crippen LogP) is 2.62. The summed E-state index contributed by atoms with van der Waals surface area (Å²) in [5.74, 6) is 3.00. The molecule has 4 rings (SSSR count). The van der Waals surface area contributed by atoms with Gasteiger partial charge >= 0.3 is 0 Å². The van der Waals surface area contributed by atoms with Crippen LogP contribution in [0.1, 0.15) is 11.3 Å². The van der Waals surface area contributed by atoms with Gasteiger partial charge in [0.1, 0.15) is 11.6 Å². The molecule has 1 fully saturated rings. The highest BCUT2D eigenvalue weighted by molar-refractivity contribution is 5.59. The summed E-state index contributed by atoms with van der Waals surface area (Å²) in [6, 6.07) is 14.2. The fourth-order valence-corrected chi connectivity index (χ4v) is 3.17.